The summed E-state index contributed by atoms with van der Waals surface area (Å²) in [5, 5.41) is 20.5. The van der Waals surface area contributed by atoms with Crippen LogP contribution >= 0.6 is 0 Å². The number of rotatable bonds is 0. The monoisotopic (exact) mass is 224 g/mol. The van der Waals surface area contributed by atoms with Crippen LogP contribution in [-0.4, -0.2) is 21.9 Å². The van der Waals surface area contributed by atoms with Gasteiger partial charge in [-0.25, -0.2) is 0 Å². The highest BCUT2D eigenvalue weighted by atomic mass is 16.3. The summed E-state index contributed by atoms with van der Waals surface area (Å²) in [5.74, 6) is 0. The van der Waals surface area contributed by atoms with Gasteiger partial charge in [0.25, 0.3) is 0 Å². The molecule has 2 unspecified atom stereocenters. The molecule has 92 valence electrons. The van der Waals surface area contributed by atoms with E-state index in [1.165, 1.54) is 0 Å². The van der Waals surface area contributed by atoms with Crippen molar-refractivity contribution in [1.82, 2.24) is 0 Å². The van der Waals surface area contributed by atoms with Crippen LogP contribution in [0.5, 0.6) is 0 Å². The Kier molecular flexibility index (Phi) is 3.12. The van der Waals surface area contributed by atoms with Crippen LogP contribution in [0.25, 0.3) is 0 Å². The van der Waals surface area contributed by atoms with Gasteiger partial charge in [-0.05, 0) is 28.6 Å². The zero-order chi connectivity index (χ0) is 12.8. The van der Waals surface area contributed by atoms with Crippen LogP contribution in [0.2, 0.25) is 0 Å². The Morgan fingerprint density at radius 2 is 1.62 bits per heavy atom. The van der Waals surface area contributed by atoms with Gasteiger partial charge in [0.1, 0.15) is 5.60 Å². The second kappa shape index (κ2) is 3.71. The van der Waals surface area contributed by atoms with Crippen LogP contribution < -0.4 is 0 Å². The maximum Gasteiger partial charge on any atom is 0.106 e. The van der Waals surface area contributed by atoms with Crippen molar-refractivity contribution in [3.05, 3.63) is 23.8 Å². The van der Waals surface area contributed by atoms with Crippen LogP contribution in [0.4, 0.5) is 0 Å². The molecule has 2 N–H and O–H groups in total. The fraction of sp³-hybridized carbons (Fsp3) is 0.714. The lowest BCUT2D eigenvalue weighted by molar-refractivity contribution is 0.0235. The van der Waals surface area contributed by atoms with Crippen LogP contribution in [0.15, 0.2) is 23.8 Å². The van der Waals surface area contributed by atoms with E-state index < -0.39 is 11.7 Å². The average Bonchev–Trinajstić information content (AvgIpc) is 2.05. The first-order valence-electron chi connectivity index (χ1n) is 5.80. The first kappa shape index (κ1) is 13.5. The smallest absolute Gasteiger partial charge is 0.106 e. The molecule has 1 aliphatic rings. The summed E-state index contributed by atoms with van der Waals surface area (Å²) < 4.78 is 0. The third-order valence-corrected chi connectivity index (χ3v) is 3.29. The van der Waals surface area contributed by atoms with E-state index in [2.05, 4.69) is 0 Å². The van der Waals surface area contributed by atoms with Gasteiger partial charge in [0.15, 0.2) is 0 Å². The Morgan fingerprint density at radius 1 is 1.12 bits per heavy atom. The third-order valence-electron chi connectivity index (χ3n) is 3.29. The van der Waals surface area contributed by atoms with Crippen LogP contribution in [0, 0.1) is 10.8 Å². The Morgan fingerprint density at radius 3 is 2.00 bits per heavy atom. The second-order valence-electron chi connectivity index (χ2n) is 6.73. The molecular formula is C14H24O2. The van der Waals surface area contributed by atoms with E-state index in [4.69, 9.17) is 0 Å². The molecule has 0 radical (unpaired) electrons. The van der Waals surface area contributed by atoms with Gasteiger partial charge in [-0.2, -0.15) is 0 Å². The Hall–Kier alpha value is -0.600. The molecule has 2 nitrogen and oxygen atoms in total. The first-order chi connectivity index (χ1) is 6.97. The average molecular weight is 224 g/mol. The minimum Gasteiger partial charge on any atom is -0.385 e. The van der Waals surface area contributed by atoms with Crippen molar-refractivity contribution in [3.63, 3.8) is 0 Å². The fourth-order valence-electron chi connectivity index (χ4n) is 1.84. The molecule has 0 aromatic rings. The normalized spacial score (nSPS) is 31.5. The Bertz CT molecular complexity index is 326. The summed E-state index contributed by atoms with van der Waals surface area (Å²) in [5.41, 5.74) is -0.509. The highest BCUT2D eigenvalue weighted by molar-refractivity contribution is 5.35. The summed E-state index contributed by atoms with van der Waals surface area (Å²) in [6, 6.07) is 0. The topological polar surface area (TPSA) is 40.5 Å². The lowest BCUT2D eigenvalue weighted by atomic mass is 9.69. The molecule has 0 aromatic carbocycles. The predicted molar refractivity (Wildman–Crippen MR) is 67.1 cm³/mol. The van der Waals surface area contributed by atoms with E-state index >= 15 is 0 Å². The first-order valence-corrected chi connectivity index (χ1v) is 5.80. The molecule has 2 heteroatoms. The van der Waals surface area contributed by atoms with Crippen molar-refractivity contribution in [1.29, 1.82) is 0 Å². The molecular weight excluding hydrogens is 200 g/mol. The van der Waals surface area contributed by atoms with Gasteiger partial charge in [0.2, 0.25) is 0 Å². The van der Waals surface area contributed by atoms with Gasteiger partial charge in [-0.3, -0.25) is 0 Å². The molecule has 16 heavy (non-hydrogen) atoms. The molecule has 0 amide bonds. The van der Waals surface area contributed by atoms with Crippen molar-refractivity contribution >= 4 is 0 Å². The molecule has 1 aliphatic carbocycles. The number of hydrogen-bond acceptors (Lipinski definition) is 2. The minimum absolute atomic E-state index is 0.136. The zero-order valence-electron chi connectivity index (χ0n) is 11.2. The standard InChI is InChI=1S/C14H24O2/c1-12(2,3)10-9-14(16,13(4,5)6)8-7-11(10)15/h7-9,11,15-16H,1-6H3. The summed E-state index contributed by atoms with van der Waals surface area (Å²) in [4.78, 5) is 0. The molecule has 0 spiro atoms. The quantitative estimate of drug-likeness (QED) is 0.621. The lowest BCUT2D eigenvalue weighted by Gasteiger charge is -2.41. The molecule has 0 saturated carbocycles. The summed E-state index contributed by atoms with van der Waals surface area (Å²) in [6.45, 7) is 12.1. The Labute approximate surface area is 98.7 Å². The lowest BCUT2D eigenvalue weighted by Crippen LogP contribution is -2.43. The van der Waals surface area contributed by atoms with Gasteiger partial charge in [0.05, 0.1) is 6.10 Å². The van der Waals surface area contributed by atoms with Crippen molar-refractivity contribution < 1.29 is 10.2 Å². The zero-order valence-corrected chi connectivity index (χ0v) is 11.2. The molecule has 0 heterocycles. The maximum atomic E-state index is 10.6. The molecule has 0 saturated heterocycles. The van der Waals surface area contributed by atoms with E-state index in [9.17, 15) is 10.2 Å². The molecule has 1 rings (SSSR count). The van der Waals surface area contributed by atoms with Crippen LogP contribution in [-0.2, 0) is 0 Å². The Balaban J connectivity index is 3.21. The van der Waals surface area contributed by atoms with Crippen molar-refractivity contribution in [2.75, 3.05) is 0 Å². The van der Waals surface area contributed by atoms with Crippen molar-refractivity contribution in [2.24, 2.45) is 10.8 Å². The van der Waals surface area contributed by atoms with Gasteiger partial charge in [0, 0.05) is 0 Å². The van der Waals surface area contributed by atoms with E-state index in [0.29, 0.717) is 0 Å². The summed E-state index contributed by atoms with van der Waals surface area (Å²) in [6.07, 6.45) is 4.62. The molecule has 2 atom stereocenters. The van der Waals surface area contributed by atoms with Gasteiger partial charge < -0.3 is 10.2 Å². The summed E-state index contributed by atoms with van der Waals surface area (Å²) in [7, 11) is 0. The number of aliphatic hydroxyl groups is 2. The summed E-state index contributed by atoms with van der Waals surface area (Å²) >= 11 is 0. The number of hydrogen-bond donors (Lipinski definition) is 2. The van der Waals surface area contributed by atoms with Gasteiger partial charge in [-0.15, -0.1) is 0 Å². The predicted octanol–water partition coefficient (Wildman–Crippen LogP) is 2.67. The van der Waals surface area contributed by atoms with Crippen molar-refractivity contribution in [2.45, 2.75) is 53.2 Å². The number of aliphatic hydroxyl groups excluding tert-OH is 1. The highest BCUT2D eigenvalue weighted by Crippen LogP contribution is 2.41. The maximum absolute atomic E-state index is 10.6. The van der Waals surface area contributed by atoms with Gasteiger partial charge >= 0.3 is 0 Å². The SMILES string of the molecule is CC(C)(C)C1=CC(O)(C(C)(C)C)C=CC1O. The largest absolute Gasteiger partial charge is 0.385 e. The molecule has 0 fully saturated rings. The van der Waals surface area contributed by atoms with E-state index in [-0.39, 0.29) is 10.8 Å². The molecule has 0 bridgehead atoms. The van der Waals surface area contributed by atoms with Crippen LogP contribution in [0.1, 0.15) is 41.5 Å². The highest BCUT2D eigenvalue weighted by Gasteiger charge is 2.40. The fourth-order valence-corrected chi connectivity index (χ4v) is 1.84. The van der Waals surface area contributed by atoms with Gasteiger partial charge in [-0.1, -0.05) is 47.6 Å². The minimum atomic E-state index is -0.977. The second-order valence-corrected chi connectivity index (χ2v) is 6.73. The van der Waals surface area contributed by atoms with Crippen molar-refractivity contribution in [3.8, 4) is 0 Å². The van der Waals surface area contributed by atoms with Crippen LogP contribution in [0.3, 0.4) is 0 Å². The van der Waals surface area contributed by atoms with E-state index in [1.54, 1.807) is 12.2 Å². The third kappa shape index (κ3) is 2.38. The molecule has 0 aliphatic heterocycles. The van der Waals surface area contributed by atoms with E-state index in [1.807, 2.05) is 47.6 Å². The molecule has 0 aromatic heterocycles. The van der Waals surface area contributed by atoms with E-state index in [0.717, 1.165) is 5.57 Å².